The fraction of sp³-hybridized carbons (Fsp3) is 0.333. The van der Waals surface area contributed by atoms with Crippen LogP contribution >= 0.6 is 0 Å². The zero-order chi connectivity index (χ0) is 11.4. The van der Waals surface area contributed by atoms with E-state index in [1.165, 1.54) is 0 Å². The first-order valence-electron chi connectivity index (χ1n) is 5.32. The van der Waals surface area contributed by atoms with E-state index >= 15 is 0 Å². The van der Waals surface area contributed by atoms with Gasteiger partial charge in [0.15, 0.2) is 0 Å². The van der Waals surface area contributed by atoms with Gasteiger partial charge in [0, 0.05) is 13.1 Å². The van der Waals surface area contributed by atoms with Crippen molar-refractivity contribution >= 4 is 12.2 Å². The molecule has 0 aliphatic carbocycles. The predicted octanol–water partition coefficient (Wildman–Crippen LogP) is 0.358. The highest BCUT2D eigenvalue weighted by molar-refractivity contribution is 5.79. The summed E-state index contributed by atoms with van der Waals surface area (Å²) in [5, 5.41) is 2.75. The lowest BCUT2D eigenvalue weighted by Gasteiger charge is -2.31. The maximum atomic E-state index is 11.3. The standard InChI is InChI=1S/C12H14N2O2/c15-9-11(10-4-2-1-3-5-10)14-7-6-13-12(16)8-14/h1-5,9,11H,6-8H2,(H,13,16). The summed E-state index contributed by atoms with van der Waals surface area (Å²) in [6.45, 7) is 1.61. The van der Waals surface area contributed by atoms with Crippen LogP contribution in [0.4, 0.5) is 0 Å². The lowest BCUT2D eigenvalue weighted by atomic mass is 10.1. The summed E-state index contributed by atoms with van der Waals surface area (Å²) < 4.78 is 0. The topological polar surface area (TPSA) is 49.4 Å². The SMILES string of the molecule is O=CC(c1ccccc1)N1CCNC(=O)C1. The maximum absolute atomic E-state index is 11.3. The van der Waals surface area contributed by atoms with Crippen LogP contribution in [0.15, 0.2) is 30.3 Å². The molecule has 2 rings (SSSR count). The van der Waals surface area contributed by atoms with Crippen molar-refractivity contribution in [2.75, 3.05) is 19.6 Å². The first-order valence-corrected chi connectivity index (χ1v) is 5.32. The van der Waals surface area contributed by atoms with Crippen molar-refractivity contribution in [3.8, 4) is 0 Å². The first kappa shape index (κ1) is 10.8. The van der Waals surface area contributed by atoms with Crippen molar-refractivity contribution in [2.45, 2.75) is 6.04 Å². The van der Waals surface area contributed by atoms with Gasteiger partial charge in [-0.05, 0) is 5.56 Å². The molecular formula is C12H14N2O2. The average Bonchev–Trinajstić information content (AvgIpc) is 2.31. The van der Waals surface area contributed by atoms with E-state index in [9.17, 15) is 9.59 Å². The van der Waals surface area contributed by atoms with Crippen molar-refractivity contribution in [3.63, 3.8) is 0 Å². The van der Waals surface area contributed by atoms with Crippen LogP contribution in [0.2, 0.25) is 0 Å². The Kier molecular flexibility index (Phi) is 3.31. The lowest BCUT2D eigenvalue weighted by molar-refractivity contribution is -0.126. The average molecular weight is 218 g/mol. The van der Waals surface area contributed by atoms with Crippen LogP contribution in [0.5, 0.6) is 0 Å². The summed E-state index contributed by atoms with van der Waals surface area (Å²) in [4.78, 5) is 24.3. The number of rotatable bonds is 3. The number of aldehydes is 1. The van der Waals surface area contributed by atoms with Crippen LogP contribution in [-0.4, -0.2) is 36.7 Å². The van der Waals surface area contributed by atoms with Gasteiger partial charge in [-0.25, -0.2) is 0 Å². The third-order valence-corrected chi connectivity index (χ3v) is 2.73. The van der Waals surface area contributed by atoms with Gasteiger partial charge in [0.25, 0.3) is 0 Å². The Morgan fingerprint density at radius 1 is 1.31 bits per heavy atom. The molecule has 1 N–H and O–H groups in total. The van der Waals surface area contributed by atoms with Crippen LogP contribution in [0, 0.1) is 0 Å². The van der Waals surface area contributed by atoms with Gasteiger partial charge in [0.2, 0.25) is 5.91 Å². The van der Waals surface area contributed by atoms with Gasteiger partial charge >= 0.3 is 0 Å². The molecule has 1 aliphatic rings. The van der Waals surface area contributed by atoms with Crippen LogP contribution in [0.25, 0.3) is 0 Å². The number of nitrogens with zero attached hydrogens (tertiary/aromatic N) is 1. The molecule has 1 fully saturated rings. The van der Waals surface area contributed by atoms with Crippen molar-refractivity contribution < 1.29 is 9.59 Å². The second-order valence-corrected chi connectivity index (χ2v) is 3.81. The molecule has 1 heterocycles. The molecule has 4 heteroatoms. The third-order valence-electron chi connectivity index (χ3n) is 2.73. The molecule has 4 nitrogen and oxygen atoms in total. The lowest BCUT2D eigenvalue weighted by Crippen LogP contribution is -2.49. The number of hydrogen-bond acceptors (Lipinski definition) is 3. The third kappa shape index (κ3) is 2.28. The normalized spacial score (nSPS) is 18.9. The molecule has 1 amide bonds. The molecule has 0 aromatic heterocycles. The van der Waals surface area contributed by atoms with Gasteiger partial charge in [0.1, 0.15) is 6.29 Å². The van der Waals surface area contributed by atoms with E-state index in [-0.39, 0.29) is 18.5 Å². The van der Waals surface area contributed by atoms with E-state index in [4.69, 9.17) is 0 Å². The van der Waals surface area contributed by atoms with E-state index in [0.717, 1.165) is 11.8 Å². The fourth-order valence-corrected chi connectivity index (χ4v) is 1.92. The van der Waals surface area contributed by atoms with E-state index in [0.29, 0.717) is 13.1 Å². The summed E-state index contributed by atoms with van der Waals surface area (Å²) in [5.41, 5.74) is 0.937. The number of nitrogens with one attached hydrogen (secondary N) is 1. The number of carbonyl (C=O) groups is 2. The van der Waals surface area contributed by atoms with Gasteiger partial charge in [-0.2, -0.15) is 0 Å². The second kappa shape index (κ2) is 4.90. The molecule has 1 saturated heterocycles. The van der Waals surface area contributed by atoms with Gasteiger partial charge < -0.3 is 10.1 Å². The summed E-state index contributed by atoms with van der Waals surface area (Å²) >= 11 is 0. The molecule has 0 radical (unpaired) electrons. The predicted molar refractivity (Wildman–Crippen MR) is 59.8 cm³/mol. The Morgan fingerprint density at radius 2 is 2.06 bits per heavy atom. The van der Waals surface area contributed by atoms with Gasteiger partial charge in [-0.15, -0.1) is 0 Å². The molecule has 1 atom stereocenters. The van der Waals surface area contributed by atoms with Gasteiger partial charge in [-0.1, -0.05) is 30.3 Å². The molecule has 1 aromatic carbocycles. The van der Waals surface area contributed by atoms with E-state index in [1.807, 2.05) is 35.2 Å². The Morgan fingerprint density at radius 3 is 2.69 bits per heavy atom. The first-order chi connectivity index (χ1) is 7.81. The number of carbonyl (C=O) groups excluding carboxylic acids is 2. The highest BCUT2D eigenvalue weighted by Gasteiger charge is 2.24. The van der Waals surface area contributed by atoms with Crippen molar-refractivity contribution in [1.82, 2.24) is 10.2 Å². The molecule has 0 spiro atoms. The monoisotopic (exact) mass is 218 g/mol. The van der Waals surface area contributed by atoms with E-state index < -0.39 is 0 Å². The number of piperazine rings is 1. The quantitative estimate of drug-likeness (QED) is 0.745. The number of hydrogen-bond donors (Lipinski definition) is 1. The fourth-order valence-electron chi connectivity index (χ4n) is 1.92. The Labute approximate surface area is 94.2 Å². The molecule has 84 valence electrons. The smallest absolute Gasteiger partial charge is 0.234 e. The summed E-state index contributed by atoms with van der Waals surface area (Å²) in [7, 11) is 0. The molecule has 1 aliphatic heterocycles. The molecule has 0 saturated carbocycles. The van der Waals surface area contributed by atoms with Crippen molar-refractivity contribution in [3.05, 3.63) is 35.9 Å². The minimum Gasteiger partial charge on any atom is -0.354 e. The zero-order valence-electron chi connectivity index (χ0n) is 8.93. The molecule has 16 heavy (non-hydrogen) atoms. The highest BCUT2D eigenvalue weighted by Crippen LogP contribution is 2.18. The minimum absolute atomic E-state index is 0.0194. The number of benzene rings is 1. The second-order valence-electron chi connectivity index (χ2n) is 3.81. The van der Waals surface area contributed by atoms with E-state index in [1.54, 1.807) is 0 Å². The zero-order valence-corrected chi connectivity index (χ0v) is 8.93. The van der Waals surface area contributed by atoms with Gasteiger partial charge in [-0.3, -0.25) is 9.69 Å². The molecule has 0 bridgehead atoms. The molecule has 1 unspecified atom stereocenters. The number of amides is 1. The summed E-state index contributed by atoms with van der Waals surface area (Å²) in [5.74, 6) is -0.0194. The minimum atomic E-state index is -0.313. The summed E-state index contributed by atoms with van der Waals surface area (Å²) in [6, 6.07) is 9.21. The molecular weight excluding hydrogens is 204 g/mol. The Bertz CT molecular complexity index is 378. The Balaban J connectivity index is 2.16. The maximum Gasteiger partial charge on any atom is 0.234 e. The van der Waals surface area contributed by atoms with Crippen LogP contribution < -0.4 is 5.32 Å². The largest absolute Gasteiger partial charge is 0.354 e. The molecule has 1 aromatic rings. The highest BCUT2D eigenvalue weighted by atomic mass is 16.2. The Hall–Kier alpha value is -1.68. The van der Waals surface area contributed by atoms with Gasteiger partial charge in [0.05, 0.1) is 12.6 Å². The van der Waals surface area contributed by atoms with E-state index in [2.05, 4.69) is 5.32 Å². The van der Waals surface area contributed by atoms with Crippen LogP contribution in [-0.2, 0) is 9.59 Å². The van der Waals surface area contributed by atoms with Crippen molar-refractivity contribution in [2.24, 2.45) is 0 Å². The van der Waals surface area contributed by atoms with Crippen LogP contribution in [0.1, 0.15) is 11.6 Å². The van der Waals surface area contributed by atoms with Crippen molar-refractivity contribution in [1.29, 1.82) is 0 Å². The summed E-state index contributed by atoms with van der Waals surface area (Å²) in [6.07, 6.45) is 0.897. The van der Waals surface area contributed by atoms with Crippen LogP contribution in [0.3, 0.4) is 0 Å².